The molecule has 0 aromatic heterocycles. The Morgan fingerprint density at radius 3 is 2.67 bits per heavy atom. The van der Waals surface area contributed by atoms with Crippen molar-refractivity contribution in [2.45, 2.75) is 32.6 Å². The van der Waals surface area contributed by atoms with Crippen LogP contribution >= 0.6 is 0 Å². The summed E-state index contributed by atoms with van der Waals surface area (Å²) in [5.74, 6) is -0.660. The van der Waals surface area contributed by atoms with Crippen LogP contribution in [-0.2, 0) is 11.2 Å². The third kappa shape index (κ3) is 4.19. The van der Waals surface area contributed by atoms with E-state index in [1.807, 2.05) is 0 Å². The first kappa shape index (κ1) is 11.8. The van der Waals surface area contributed by atoms with Crippen molar-refractivity contribution in [1.82, 2.24) is 0 Å². The van der Waals surface area contributed by atoms with E-state index >= 15 is 0 Å². The van der Waals surface area contributed by atoms with Gasteiger partial charge >= 0.3 is 0 Å². The standard InChI is InChI=1S/C12H14F2O/c1-9(15)4-2-3-5-10-8-11(13)6-7-12(10)14/h6-8H,2-5H2,1H3. The number of carbonyl (C=O) groups is 1. The fraction of sp³-hybridized carbons (Fsp3) is 0.417. The topological polar surface area (TPSA) is 17.1 Å². The van der Waals surface area contributed by atoms with E-state index in [4.69, 9.17) is 0 Å². The van der Waals surface area contributed by atoms with Gasteiger partial charge in [-0.15, -0.1) is 0 Å². The molecule has 0 aliphatic heterocycles. The van der Waals surface area contributed by atoms with Crippen molar-refractivity contribution in [3.8, 4) is 0 Å². The molecule has 0 N–H and O–H groups in total. The number of benzene rings is 1. The zero-order valence-corrected chi connectivity index (χ0v) is 8.72. The minimum absolute atomic E-state index is 0.134. The van der Waals surface area contributed by atoms with Crippen LogP contribution in [0.4, 0.5) is 8.78 Å². The number of unbranched alkanes of at least 4 members (excludes halogenated alkanes) is 1. The van der Waals surface area contributed by atoms with Crippen LogP contribution < -0.4 is 0 Å². The van der Waals surface area contributed by atoms with E-state index in [9.17, 15) is 13.6 Å². The lowest BCUT2D eigenvalue weighted by Gasteiger charge is -2.02. The Balaban J connectivity index is 2.43. The number of halogens is 2. The van der Waals surface area contributed by atoms with E-state index in [1.165, 1.54) is 13.0 Å². The van der Waals surface area contributed by atoms with Gasteiger partial charge in [0.1, 0.15) is 17.4 Å². The summed E-state index contributed by atoms with van der Waals surface area (Å²) in [6, 6.07) is 3.45. The molecule has 82 valence electrons. The molecule has 0 spiro atoms. The smallest absolute Gasteiger partial charge is 0.129 e. The summed E-state index contributed by atoms with van der Waals surface area (Å²) in [6.07, 6.45) is 2.43. The Morgan fingerprint density at radius 2 is 2.00 bits per heavy atom. The number of rotatable bonds is 5. The summed E-state index contributed by atoms with van der Waals surface area (Å²) in [6.45, 7) is 1.53. The van der Waals surface area contributed by atoms with E-state index in [0.29, 0.717) is 24.8 Å². The molecule has 0 atom stereocenters. The van der Waals surface area contributed by atoms with E-state index < -0.39 is 5.82 Å². The summed E-state index contributed by atoms with van der Waals surface area (Å²) < 4.78 is 25.9. The van der Waals surface area contributed by atoms with Crippen LogP contribution in [0, 0.1) is 11.6 Å². The first-order valence-electron chi connectivity index (χ1n) is 5.03. The highest BCUT2D eigenvalue weighted by atomic mass is 19.1. The minimum Gasteiger partial charge on any atom is -0.300 e. The van der Waals surface area contributed by atoms with Gasteiger partial charge in [0.15, 0.2) is 0 Å². The SMILES string of the molecule is CC(=O)CCCCc1cc(F)ccc1F. The van der Waals surface area contributed by atoms with Crippen molar-refractivity contribution in [2.24, 2.45) is 0 Å². The van der Waals surface area contributed by atoms with Gasteiger partial charge in [0.25, 0.3) is 0 Å². The Bertz CT molecular complexity index is 347. The average Bonchev–Trinajstić information content (AvgIpc) is 2.17. The molecule has 0 saturated carbocycles. The maximum atomic E-state index is 13.1. The first-order chi connectivity index (χ1) is 7.09. The molecule has 0 radical (unpaired) electrons. The third-order valence-corrected chi connectivity index (χ3v) is 2.23. The molecular weight excluding hydrogens is 198 g/mol. The average molecular weight is 212 g/mol. The molecule has 0 bridgehead atoms. The predicted molar refractivity (Wildman–Crippen MR) is 54.6 cm³/mol. The van der Waals surface area contributed by atoms with E-state index in [-0.39, 0.29) is 11.6 Å². The van der Waals surface area contributed by atoms with Gasteiger partial charge in [0, 0.05) is 6.42 Å². The fourth-order valence-electron chi connectivity index (χ4n) is 1.42. The Hall–Kier alpha value is -1.25. The minimum atomic E-state index is -0.419. The highest BCUT2D eigenvalue weighted by Gasteiger charge is 2.03. The number of ketones is 1. The van der Waals surface area contributed by atoms with Gasteiger partial charge in [-0.2, -0.15) is 0 Å². The maximum absolute atomic E-state index is 13.1. The Morgan fingerprint density at radius 1 is 1.27 bits per heavy atom. The molecule has 0 aliphatic carbocycles. The molecular formula is C12H14F2O. The van der Waals surface area contributed by atoms with Gasteiger partial charge < -0.3 is 4.79 Å². The van der Waals surface area contributed by atoms with Crippen LogP contribution in [0.5, 0.6) is 0 Å². The predicted octanol–water partition coefficient (Wildman–Crippen LogP) is 3.27. The van der Waals surface area contributed by atoms with Gasteiger partial charge in [0.2, 0.25) is 0 Å². The second kappa shape index (κ2) is 5.59. The quantitative estimate of drug-likeness (QED) is 0.684. The van der Waals surface area contributed by atoms with Crippen LogP contribution in [-0.4, -0.2) is 5.78 Å². The summed E-state index contributed by atoms with van der Waals surface area (Å²) in [7, 11) is 0. The van der Waals surface area contributed by atoms with Crippen molar-refractivity contribution in [2.75, 3.05) is 0 Å². The summed E-state index contributed by atoms with van der Waals surface area (Å²) in [4.78, 5) is 10.6. The summed E-state index contributed by atoms with van der Waals surface area (Å²) in [5, 5.41) is 0. The van der Waals surface area contributed by atoms with Crippen LogP contribution in [0.2, 0.25) is 0 Å². The second-order valence-electron chi connectivity index (χ2n) is 3.64. The van der Waals surface area contributed by atoms with Crippen molar-refractivity contribution < 1.29 is 13.6 Å². The molecule has 0 fully saturated rings. The molecule has 0 saturated heterocycles. The lowest BCUT2D eigenvalue weighted by Crippen LogP contribution is -1.94. The fourth-order valence-corrected chi connectivity index (χ4v) is 1.42. The summed E-state index contributed by atoms with van der Waals surface area (Å²) in [5.41, 5.74) is 0.388. The highest BCUT2D eigenvalue weighted by Crippen LogP contribution is 2.13. The van der Waals surface area contributed by atoms with Crippen LogP contribution in [0.1, 0.15) is 31.7 Å². The van der Waals surface area contributed by atoms with Crippen molar-refractivity contribution in [3.63, 3.8) is 0 Å². The number of hydrogen-bond acceptors (Lipinski definition) is 1. The van der Waals surface area contributed by atoms with Crippen LogP contribution in [0.25, 0.3) is 0 Å². The van der Waals surface area contributed by atoms with Crippen LogP contribution in [0.15, 0.2) is 18.2 Å². The van der Waals surface area contributed by atoms with Crippen LogP contribution in [0.3, 0.4) is 0 Å². The molecule has 1 nitrogen and oxygen atoms in total. The largest absolute Gasteiger partial charge is 0.300 e. The number of carbonyl (C=O) groups excluding carboxylic acids is 1. The van der Waals surface area contributed by atoms with Crippen molar-refractivity contribution >= 4 is 5.78 Å². The zero-order chi connectivity index (χ0) is 11.3. The molecule has 0 aliphatic rings. The molecule has 15 heavy (non-hydrogen) atoms. The zero-order valence-electron chi connectivity index (χ0n) is 8.72. The van der Waals surface area contributed by atoms with Gasteiger partial charge in [-0.25, -0.2) is 8.78 Å². The van der Waals surface area contributed by atoms with Gasteiger partial charge in [0.05, 0.1) is 0 Å². The maximum Gasteiger partial charge on any atom is 0.129 e. The van der Waals surface area contributed by atoms with Gasteiger partial charge in [-0.3, -0.25) is 0 Å². The van der Waals surface area contributed by atoms with E-state index in [0.717, 1.165) is 18.6 Å². The van der Waals surface area contributed by atoms with Crippen molar-refractivity contribution in [1.29, 1.82) is 0 Å². The molecule has 1 aromatic carbocycles. The van der Waals surface area contributed by atoms with Gasteiger partial charge in [-0.1, -0.05) is 0 Å². The number of hydrogen-bond donors (Lipinski definition) is 0. The summed E-state index contributed by atoms with van der Waals surface area (Å²) >= 11 is 0. The molecule has 0 amide bonds. The normalized spacial score (nSPS) is 10.3. The molecule has 1 rings (SSSR count). The van der Waals surface area contributed by atoms with E-state index in [1.54, 1.807) is 0 Å². The molecule has 0 heterocycles. The monoisotopic (exact) mass is 212 g/mol. The molecule has 0 unspecified atom stereocenters. The number of Topliss-reactive ketones (excluding diaryl/α,β-unsaturated/α-hetero) is 1. The number of aryl methyl sites for hydroxylation is 1. The molecule has 3 heteroatoms. The Labute approximate surface area is 88.1 Å². The van der Waals surface area contributed by atoms with Gasteiger partial charge in [-0.05, 0) is 49.9 Å². The third-order valence-electron chi connectivity index (χ3n) is 2.23. The highest BCUT2D eigenvalue weighted by molar-refractivity contribution is 5.75. The lowest BCUT2D eigenvalue weighted by molar-refractivity contribution is -0.117. The lowest BCUT2D eigenvalue weighted by atomic mass is 10.1. The first-order valence-corrected chi connectivity index (χ1v) is 5.03. The Kier molecular flexibility index (Phi) is 4.40. The second-order valence-corrected chi connectivity index (χ2v) is 3.64. The molecule has 1 aromatic rings. The van der Waals surface area contributed by atoms with Crippen molar-refractivity contribution in [3.05, 3.63) is 35.4 Å². The van der Waals surface area contributed by atoms with E-state index in [2.05, 4.69) is 0 Å².